The lowest BCUT2D eigenvalue weighted by atomic mass is 9.73. The molecule has 0 saturated carbocycles. The smallest absolute Gasteiger partial charge is 0.234 e. The Morgan fingerprint density at radius 1 is 1.12 bits per heavy atom. The highest BCUT2D eigenvalue weighted by atomic mass is 16.5. The van der Waals surface area contributed by atoms with E-state index in [0.29, 0.717) is 39.1 Å². The Kier molecular flexibility index (Phi) is 8.50. The number of amides is 3. The second kappa shape index (κ2) is 11.3. The normalized spacial score (nSPS) is 20.5. The van der Waals surface area contributed by atoms with Crippen LogP contribution in [0.4, 0.5) is 0 Å². The molecular formula is C24H36N4O4. The van der Waals surface area contributed by atoms with Gasteiger partial charge in [0.25, 0.3) is 0 Å². The molecule has 1 aromatic carbocycles. The van der Waals surface area contributed by atoms with Crippen LogP contribution in [0.5, 0.6) is 5.75 Å². The van der Waals surface area contributed by atoms with E-state index in [2.05, 4.69) is 11.4 Å². The van der Waals surface area contributed by atoms with Gasteiger partial charge in [-0.25, -0.2) is 0 Å². The third kappa shape index (κ3) is 6.22. The van der Waals surface area contributed by atoms with Crippen molar-refractivity contribution in [1.29, 1.82) is 0 Å². The number of carbonyl (C=O) groups is 3. The number of hydrogen-bond donors (Lipinski definition) is 3. The lowest BCUT2D eigenvalue weighted by molar-refractivity contribution is -0.141. The highest BCUT2D eigenvalue weighted by Gasteiger charge is 2.41. The van der Waals surface area contributed by atoms with Crippen LogP contribution < -0.4 is 21.5 Å². The van der Waals surface area contributed by atoms with E-state index in [-0.39, 0.29) is 24.7 Å². The Bertz CT molecular complexity index is 805. The van der Waals surface area contributed by atoms with Crippen molar-refractivity contribution in [2.75, 3.05) is 26.2 Å². The Morgan fingerprint density at radius 3 is 2.62 bits per heavy atom. The number of nitrogens with zero attached hydrogens (tertiary/aromatic N) is 1. The topological polar surface area (TPSA) is 128 Å². The minimum atomic E-state index is -0.801. The highest BCUT2D eigenvalue weighted by Crippen LogP contribution is 2.37. The quantitative estimate of drug-likeness (QED) is 0.648. The molecule has 8 heteroatoms. The fourth-order valence-electron chi connectivity index (χ4n) is 4.67. The second-order valence-electron chi connectivity index (χ2n) is 8.98. The lowest BCUT2D eigenvalue weighted by Gasteiger charge is -2.41. The van der Waals surface area contributed by atoms with Gasteiger partial charge >= 0.3 is 0 Å². The number of nitrogens with two attached hydrogens (primary N) is 2. The van der Waals surface area contributed by atoms with Gasteiger partial charge in [-0.15, -0.1) is 0 Å². The van der Waals surface area contributed by atoms with Crippen LogP contribution in [0.25, 0.3) is 0 Å². The maximum atomic E-state index is 13.2. The van der Waals surface area contributed by atoms with Gasteiger partial charge in [0.2, 0.25) is 17.7 Å². The molecular weight excluding hydrogens is 408 g/mol. The molecule has 0 radical (unpaired) electrons. The van der Waals surface area contributed by atoms with E-state index in [1.54, 1.807) is 4.90 Å². The first-order valence-electron chi connectivity index (χ1n) is 11.7. The number of ether oxygens (including phenoxy) is 1. The summed E-state index contributed by atoms with van der Waals surface area (Å²) < 4.78 is 5.93. The fraction of sp³-hybridized carbons (Fsp3) is 0.625. The molecule has 1 atom stereocenters. The minimum Gasteiger partial charge on any atom is -0.491 e. The zero-order valence-corrected chi connectivity index (χ0v) is 18.8. The molecule has 3 rings (SSSR count). The monoisotopic (exact) mass is 444 g/mol. The van der Waals surface area contributed by atoms with Crippen molar-refractivity contribution < 1.29 is 19.1 Å². The standard InChI is InChI=1S/C24H36N4O4/c25-19(22(26)30)9-10-21(29)28-15-12-24(13-16-28)11-5-1-2-6-18-7-3-4-8-20(18)32-17-14-27-23(24)31/h3-4,7-8,19H,1-2,5-6,9-17,25H2,(H2,26,30)(H,27,31)/t19-/m0/s1. The van der Waals surface area contributed by atoms with Gasteiger partial charge in [0.1, 0.15) is 12.4 Å². The van der Waals surface area contributed by atoms with Crippen molar-refractivity contribution in [2.45, 2.75) is 63.8 Å². The van der Waals surface area contributed by atoms with Crippen molar-refractivity contribution in [1.82, 2.24) is 10.2 Å². The molecule has 8 nitrogen and oxygen atoms in total. The van der Waals surface area contributed by atoms with Gasteiger partial charge < -0.3 is 26.4 Å². The predicted molar refractivity (Wildman–Crippen MR) is 122 cm³/mol. The van der Waals surface area contributed by atoms with Gasteiger partial charge in [0, 0.05) is 19.5 Å². The maximum Gasteiger partial charge on any atom is 0.234 e. The SMILES string of the molecule is NC(=O)[C@@H](N)CCC(=O)N1CCC2(CCCCCc3ccccc3OCCNC2=O)CC1. The van der Waals surface area contributed by atoms with Crippen molar-refractivity contribution in [2.24, 2.45) is 16.9 Å². The third-order valence-electron chi connectivity index (χ3n) is 6.81. The molecule has 2 heterocycles. The van der Waals surface area contributed by atoms with Crippen LogP contribution in [0.2, 0.25) is 0 Å². The van der Waals surface area contributed by atoms with Gasteiger partial charge in [-0.3, -0.25) is 14.4 Å². The molecule has 1 saturated heterocycles. The number of rotatable bonds is 4. The molecule has 0 aliphatic carbocycles. The largest absolute Gasteiger partial charge is 0.491 e. The average Bonchev–Trinajstić information content (AvgIpc) is 2.81. The molecule has 2 aliphatic rings. The predicted octanol–water partition coefficient (Wildman–Crippen LogP) is 1.50. The first-order valence-corrected chi connectivity index (χ1v) is 11.7. The summed E-state index contributed by atoms with van der Waals surface area (Å²) in [7, 11) is 0. The zero-order valence-electron chi connectivity index (χ0n) is 18.8. The molecule has 1 spiro atoms. The number of primary amides is 1. The lowest BCUT2D eigenvalue weighted by Crippen LogP contribution is -2.51. The Balaban J connectivity index is 1.57. The number of piperidine rings is 1. The summed E-state index contributed by atoms with van der Waals surface area (Å²) in [6.45, 7) is 1.98. The molecule has 0 unspecified atom stereocenters. The Morgan fingerprint density at radius 2 is 1.88 bits per heavy atom. The number of aryl methyl sites for hydroxylation is 1. The van der Waals surface area contributed by atoms with Crippen molar-refractivity contribution in [3.05, 3.63) is 29.8 Å². The Hall–Kier alpha value is -2.61. The fourth-order valence-corrected chi connectivity index (χ4v) is 4.67. The van der Waals surface area contributed by atoms with E-state index in [9.17, 15) is 14.4 Å². The third-order valence-corrected chi connectivity index (χ3v) is 6.81. The second-order valence-corrected chi connectivity index (χ2v) is 8.98. The number of benzene rings is 1. The molecule has 5 N–H and O–H groups in total. The van der Waals surface area contributed by atoms with Gasteiger partial charge in [-0.1, -0.05) is 31.0 Å². The number of nitrogens with one attached hydrogen (secondary N) is 1. The zero-order chi connectivity index (χ0) is 23.0. The summed E-state index contributed by atoms with van der Waals surface area (Å²) in [5, 5.41) is 3.07. The molecule has 32 heavy (non-hydrogen) atoms. The number of hydrogen-bond acceptors (Lipinski definition) is 5. The van der Waals surface area contributed by atoms with E-state index in [0.717, 1.165) is 37.9 Å². The molecule has 0 aromatic heterocycles. The van der Waals surface area contributed by atoms with Crippen LogP contribution in [0.1, 0.15) is 56.9 Å². The van der Waals surface area contributed by atoms with E-state index in [4.69, 9.17) is 16.2 Å². The number of carbonyl (C=O) groups excluding carboxylic acids is 3. The van der Waals surface area contributed by atoms with Crippen LogP contribution in [-0.4, -0.2) is 54.9 Å². The molecule has 176 valence electrons. The summed E-state index contributed by atoms with van der Waals surface area (Å²) in [6, 6.07) is 7.30. The molecule has 1 fully saturated rings. The summed E-state index contributed by atoms with van der Waals surface area (Å²) in [5.41, 5.74) is 11.6. The van der Waals surface area contributed by atoms with E-state index >= 15 is 0 Å². The Labute approximate surface area is 190 Å². The number of fused-ring (bicyclic) bond motifs is 1. The van der Waals surface area contributed by atoms with E-state index in [1.165, 1.54) is 5.56 Å². The van der Waals surface area contributed by atoms with E-state index < -0.39 is 17.4 Å². The van der Waals surface area contributed by atoms with Crippen LogP contribution in [0, 0.1) is 5.41 Å². The first-order chi connectivity index (χ1) is 15.4. The van der Waals surface area contributed by atoms with E-state index in [1.807, 2.05) is 18.2 Å². The highest BCUT2D eigenvalue weighted by molar-refractivity contribution is 5.84. The van der Waals surface area contributed by atoms with Crippen LogP contribution in [0.15, 0.2) is 24.3 Å². The summed E-state index contributed by atoms with van der Waals surface area (Å²) in [6.07, 6.45) is 6.63. The average molecular weight is 445 g/mol. The summed E-state index contributed by atoms with van der Waals surface area (Å²) in [4.78, 5) is 38.6. The summed E-state index contributed by atoms with van der Waals surface area (Å²) >= 11 is 0. The summed E-state index contributed by atoms with van der Waals surface area (Å²) in [5.74, 6) is 0.339. The van der Waals surface area contributed by atoms with Gasteiger partial charge in [0.05, 0.1) is 18.0 Å². The minimum absolute atomic E-state index is 0.0345. The van der Waals surface area contributed by atoms with Gasteiger partial charge in [-0.2, -0.15) is 0 Å². The number of para-hydroxylation sites is 1. The number of likely N-dealkylation sites (tertiary alicyclic amines) is 1. The maximum absolute atomic E-state index is 13.2. The van der Waals surface area contributed by atoms with Gasteiger partial charge in [0.15, 0.2) is 0 Å². The van der Waals surface area contributed by atoms with Crippen LogP contribution in [0.3, 0.4) is 0 Å². The first kappa shape index (κ1) is 24.0. The van der Waals surface area contributed by atoms with Crippen LogP contribution >= 0.6 is 0 Å². The molecule has 0 bridgehead atoms. The van der Waals surface area contributed by atoms with Gasteiger partial charge in [-0.05, 0) is 50.2 Å². The molecule has 2 aliphatic heterocycles. The van der Waals surface area contributed by atoms with Crippen LogP contribution in [-0.2, 0) is 20.8 Å². The van der Waals surface area contributed by atoms with Crippen molar-refractivity contribution in [3.8, 4) is 5.75 Å². The molecule has 1 aromatic rings. The molecule has 3 amide bonds. The van der Waals surface area contributed by atoms with Crippen molar-refractivity contribution in [3.63, 3.8) is 0 Å². The van der Waals surface area contributed by atoms with Crippen molar-refractivity contribution >= 4 is 17.7 Å².